The SMILES string of the molecule is O=[N+]([O-])c1cccc(Cl)c1COc1ccccc1CBr. The third kappa shape index (κ3) is 3.29. The summed E-state index contributed by atoms with van der Waals surface area (Å²) in [6, 6.07) is 12.1. The molecule has 0 amide bonds. The lowest BCUT2D eigenvalue weighted by atomic mass is 10.2. The van der Waals surface area contributed by atoms with Crippen LogP contribution in [0.3, 0.4) is 0 Å². The molecule has 0 saturated heterocycles. The van der Waals surface area contributed by atoms with Crippen molar-refractivity contribution < 1.29 is 9.66 Å². The van der Waals surface area contributed by atoms with Gasteiger partial charge in [0.1, 0.15) is 12.4 Å². The van der Waals surface area contributed by atoms with E-state index in [1.165, 1.54) is 6.07 Å². The van der Waals surface area contributed by atoms with Gasteiger partial charge in [-0.15, -0.1) is 0 Å². The molecule has 2 rings (SSSR count). The van der Waals surface area contributed by atoms with Crippen molar-refractivity contribution in [2.45, 2.75) is 11.9 Å². The van der Waals surface area contributed by atoms with Gasteiger partial charge in [-0.25, -0.2) is 0 Å². The summed E-state index contributed by atoms with van der Waals surface area (Å²) in [7, 11) is 0. The highest BCUT2D eigenvalue weighted by Crippen LogP contribution is 2.29. The minimum absolute atomic E-state index is 0.0335. The number of nitro groups is 1. The monoisotopic (exact) mass is 355 g/mol. The molecule has 0 saturated carbocycles. The van der Waals surface area contributed by atoms with Crippen LogP contribution in [-0.4, -0.2) is 4.92 Å². The molecule has 2 aromatic carbocycles. The summed E-state index contributed by atoms with van der Waals surface area (Å²) >= 11 is 9.39. The van der Waals surface area contributed by atoms with E-state index in [4.69, 9.17) is 16.3 Å². The van der Waals surface area contributed by atoms with E-state index < -0.39 is 4.92 Å². The number of hydrogen-bond donors (Lipinski definition) is 0. The Kier molecular flexibility index (Phi) is 4.98. The van der Waals surface area contributed by atoms with Gasteiger partial charge in [0.15, 0.2) is 0 Å². The van der Waals surface area contributed by atoms with E-state index in [-0.39, 0.29) is 12.3 Å². The molecule has 0 aliphatic rings. The van der Waals surface area contributed by atoms with Crippen molar-refractivity contribution in [3.8, 4) is 5.75 Å². The van der Waals surface area contributed by atoms with Gasteiger partial charge in [0.2, 0.25) is 0 Å². The highest BCUT2D eigenvalue weighted by Gasteiger charge is 2.17. The quantitative estimate of drug-likeness (QED) is 0.442. The Morgan fingerprint density at radius 2 is 1.95 bits per heavy atom. The molecule has 0 bridgehead atoms. The summed E-state index contributed by atoms with van der Waals surface area (Å²) in [5, 5.41) is 12.0. The Bertz CT molecular complexity index is 634. The van der Waals surface area contributed by atoms with Crippen LogP contribution in [-0.2, 0) is 11.9 Å². The van der Waals surface area contributed by atoms with Crippen LogP contribution in [0, 0.1) is 10.1 Å². The zero-order valence-electron chi connectivity index (χ0n) is 10.4. The number of benzene rings is 2. The van der Waals surface area contributed by atoms with Gasteiger partial charge < -0.3 is 4.74 Å². The molecule has 0 spiro atoms. The number of rotatable bonds is 5. The fraction of sp³-hybridized carbons (Fsp3) is 0.143. The maximum atomic E-state index is 11.0. The van der Waals surface area contributed by atoms with Crippen molar-refractivity contribution in [1.82, 2.24) is 0 Å². The first-order valence-electron chi connectivity index (χ1n) is 5.82. The minimum atomic E-state index is -0.457. The Hall–Kier alpha value is -1.59. The third-order valence-electron chi connectivity index (χ3n) is 2.78. The topological polar surface area (TPSA) is 52.4 Å². The van der Waals surface area contributed by atoms with E-state index in [0.29, 0.717) is 21.7 Å². The minimum Gasteiger partial charge on any atom is -0.488 e. The summed E-state index contributed by atoms with van der Waals surface area (Å²) in [5.74, 6) is 0.679. The molecule has 0 aliphatic heterocycles. The Morgan fingerprint density at radius 1 is 1.20 bits per heavy atom. The van der Waals surface area contributed by atoms with Crippen molar-refractivity contribution in [2.75, 3.05) is 0 Å². The summed E-state index contributed by atoms with van der Waals surface area (Å²) < 4.78 is 5.67. The largest absolute Gasteiger partial charge is 0.488 e. The molecule has 0 heterocycles. The summed E-state index contributed by atoms with van der Waals surface area (Å²) in [6.45, 7) is 0.0556. The lowest BCUT2D eigenvalue weighted by molar-refractivity contribution is -0.385. The van der Waals surface area contributed by atoms with Crippen molar-refractivity contribution in [3.05, 3.63) is 68.7 Å². The predicted molar refractivity (Wildman–Crippen MR) is 81.5 cm³/mol. The van der Waals surface area contributed by atoms with Gasteiger partial charge in [0.05, 0.1) is 15.5 Å². The molecular weight excluding hydrogens is 346 g/mol. The van der Waals surface area contributed by atoms with Crippen LogP contribution in [0.15, 0.2) is 42.5 Å². The first-order valence-corrected chi connectivity index (χ1v) is 7.32. The predicted octanol–water partition coefficient (Wildman–Crippen LogP) is 4.72. The van der Waals surface area contributed by atoms with Gasteiger partial charge in [0, 0.05) is 17.0 Å². The van der Waals surface area contributed by atoms with E-state index in [2.05, 4.69) is 15.9 Å². The van der Waals surface area contributed by atoms with Crippen molar-refractivity contribution in [3.63, 3.8) is 0 Å². The third-order valence-corrected chi connectivity index (χ3v) is 3.74. The van der Waals surface area contributed by atoms with Gasteiger partial charge >= 0.3 is 0 Å². The van der Waals surface area contributed by atoms with Gasteiger partial charge in [-0.3, -0.25) is 10.1 Å². The summed E-state index contributed by atoms with van der Waals surface area (Å²) in [4.78, 5) is 10.5. The Morgan fingerprint density at radius 3 is 2.65 bits per heavy atom. The molecule has 4 nitrogen and oxygen atoms in total. The second kappa shape index (κ2) is 6.72. The number of alkyl halides is 1. The lowest BCUT2D eigenvalue weighted by Gasteiger charge is -2.11. The number of ether oxygens (including phenoxy) is 1. The van der Waals surface area contributed by atoms with Crippen molar-refractivity contribution >= 4 is 33.2 Å². The normalized spacial score (nSPS) is 10.3. The molecule has 0 aromatic heterocycles. The van der Waals surface area contributed by atoms with E-state index in [0.717, 1.165) is 5.56 Å². The van der Waals surface area contributed by atoms with Crippen LogP contribution < -0.4 is 4.74 Å². The standard InChI is InChI=1S/C14H11BrClNO3/c15-8-10-4-1-2-7-14(10)20-9-11-12(16)5-3-6-13(11)17(18)19/h1-7H,8-9H2. The van der Waals surface area contributed by atoms with Crippen LogP contribution in [0.1, 0.15) is 11.1 Å². The van der Waals surface area contributed by atoms with Crippen LogP contribution >= 0.6 is 27.5 Å². The molecule has 0 unspecified atom stereocenters. The van der Waals surface area contributed by atoms with Crippen molar-refractivity contribution in [2.24, 2.45) is 0 Å². The molecule has 0 atom stereocenters. The van der Waals surface area contributed by atoms with Gasteiger partial charge in [-0.2, -0.15) is 0 Å². The van der Waals surface area contributed by atoms with Gasteiger partial charge in [0.25, 0.3) is 5.69 Å². The fourth-order valence-corrected chi connectivity index (χ4v) is 2.45. The first-order chi connectivity index (χ1) is 9.63. The van der Waals surface area contributed by atoms with Gasteiger partial charge in [-0.05, 0) is 12.1 Å². The molecule has 104 valence electrons. The number of hydrogen-bond acceptors (Lipinski definition) is 3. The van der Waals surface area contributed by atoms with Crippen LogP contribution in [0.2, 0.25) is 5.02 Å². The van der Waals surface area contributed by atoms with E-state index in [9.17, 15) is 10.1 Å². The van der Waals surface area contributed by atoms with Crippen LogP contribution in [0.5, 0.6) is 5.75 Å². The molecule has 0 radical (unpaired) electrons. The smallest absolute Gasteiger partial charge is 0.277 e. The fourth-order valence-electron chi connectivity index (χ4n) is 1.77. The average molecular weight is 357 g/mol. The molecule has 20 heavy (non-hydrogen) atoms. The average Bonchev–Trinajstić information content (AvgIpc) is 2.46. The summed E-state index contributed by atoms with van der Waals surface area (Å²) in [6.07, 6.45) is 0. The zero-order valence-corrected chi connectivity index (χ0v) is 12.7. The maximum Gasteiger partial charge on any atom is 0.277 e. The second-order valence-corrected chi connectivity index (χ2v) is 4.99. The highest BCUT2D eigenvalue weighted by atomic mass is 79.9. The maximum absolute atomic E-state index is 11.0. The second-order valence-electron chi connectivity index (χ2n) is 4.02. The number of nitrogens with zero attached hydrogens (tertiary/aromatic N) is 1. The Balaban J connectivity index is 2.25. The van der Waals surface area contributed by atoms with E-state index in [1.54, 1.807) is 12.1 Å². The molecule has 0 N–H and O–H groups in total. The lowest BCUT2D eigenvalue weighted by Crippen LogP contribution is -2.02. The van der Waals surface area contributed by atoms with Gasteiger partial charge in [-0.1, -0.05) is 51.8 Å². The first kappa shape index (κ1) is 14.8. The van der Waals surface area contributed by atoms with E-state index >= 15 is 0 Å². The number of halogens is 2. The van der Waals surface area contributed by atoms with Crippen LogP contribution in [0.25, 0.3) is 0 Å². The van der Waals surface area contributed by atoms with E-state index in [1.807, 2.05) is 24.3 Å². The number of para-hydroxylation sites is 1. The highest BCUT2D eigenvalue weighted by molar-refractivity contribution is 9.08. The Labute approximate surface area is 129 Å². The number of nitro benzene ring substituents is 1. The molecule has 2 aromatic rings. The molecule has 0 fully saturated rings. The van der Waals surface area contributed by atoms with Crippen molar-refractivity contribution in [1.29, 1.82) is 0 Å². The zero-order chi connectivity index (χ0) is 14.5. The van der Waals surface area contributed by atoms with Crippen LogP contribution in [0.4, 0.5) is 5.69 Å². The molecular formula is C14H11BrClNO3. The summed E-state index contributed by atoms with van der Waals surface area (Å²) in [5.41, 5.74) is 1.32. The molecule has 0 aliphatic carbocycles. The molecule has 6 heteroatoms.